The van der Waals surface area contributed by atoms with Gasteiger partial charge in [0.05, 0.1) is 29.0 Å². The zero-order valence-electron chi connectivity index (χ0n) is 19.5. The van der Waals surface area contributed by atoms with Crippen molar-refractivity contribution in [1.82, 2.24) is 5.32 Å². The molecule has 1 fully saturated rings. The number of nitrogens with one attached hydrogen (secondary N) is 1. The summed E-state index contributed by atoms with van der Waals surface area (Å²) in [5.41, 5.74) is 0.965. The molecule has 2 aromatic rings. The molecule has 4 rings (SSSR count). The monoisotopic (exact) mass is 487 g/mol. The Labute approximate surface area is 201 Å². The lowest BCUT2D eigenvalue weighted by Crippen LogP contribution is -2.49. The summed E-state index contributed by atoms with van der Waals surface area (Å²) < 4.78 is 39.3. The van der Waals surface area contributed by atoms with E-state index >= 15 is 0 Å². The number of hydrogen-bond donors (Lipinski definition) is 2. The number of benzene rings is 2. The molecular weight excluding hydrogens is 459 g/mol. The summed E-state index contributed by atoms with van der Waals surface area (Å²) in [5, 5.41) is 12.9. The molecule has 0 saturated heterocycles. The van der Waals surface area contributed by atoms with Gasteiger partial charge in [-0.15, -0.1) is 0 Å². The molecule has 3 atom stereocenters. The van der Waals surface area contributed by atoms with E-state index in [1.807, 2.05) is 0 Å². The molecule has 0 radical (unpaired) electrons. The first kappa shape index (κ1) is 24.9. The molecule has 0 bridgehead atoms. The third-order valence-electron chi connectivity index (χ3n) is 6.84. The molecule has 2 N–H and O–H groups in total. The molecule has 35 heavy (non-hydrogen) atoms. The molecule has 1 aliphatic heterocycles. The first-order chi connectivity index (χ1) is 16.6. The summed E-state index contributed by atoms with van der Waals surface area (Å²) in [7, 11) is 1.56. The molecule has 2 aliphatic rings. The lowest BCUT2D eigenvalue weighted by molar-refractivity contribution is -0.137. The molecule has 0 spiro atoms. The van der Waals surface area contributed by atoms with Crippen molar-refractivity contribution in [3.8, 4) is 0 Å². The van der Waals surface area contributed by atoms with Crippen LogP contribution in [0.5, 0.6) is 0 Å². The number of anilines is 1. The van der Waals surface area contributed by atoms with Crippen molar-refractivity contribution in [2.24, 2.45) is 16.8 Å². The number of nitrogens with zero attached hydrogens (tertiary/aromatic N) is 2. The van der Waals surface area contributed by atoms with Crippen LogP contribution in [-0.4, -0.2) is 41.9 Å². The molecule has 6 nitrogen and oxygen atoms in total. The number of aliphatic hydroxyl groups excluding tert-OH is 1. The number of alkyl halides is 3. The number of benzodiazepines with no additional fused rings is 1. The fraction of sp³-hybridized carbons (Fsp3) is 0.423. The standard InChI is InChI=1S/C26H28F3N3O3/c1-15(33)20(14-16-6-5-7-16)24(34)31-23-25(35)32(2)21-9-4-3-8-19(21)22(30-23)17-10-12-18(13-11-17)26(27,28)29/h3-4,8-13,15-16,20,23,33H,5-7,14H2,1-2H3,(H,31,34)/t15-,20-,23?/m0/s1. The maximum absolute atomic E-state index is 13.3. The highest BCUT2D eigenvalue weighted by Gasteiger charge is 2.36. The summed E-state index contributed by atoms with van der Waals surface area (Å²) in [4.78, 5) is 32.3. The number of fused-ring (bicyclic) bond motifs is 1. The molecule has 186 valence electrons. The first-order valence-electron chi connectivity index (χ1n) is 11.7. The van der Waals surface area contributed by atoms with Crippen molar-refractivity contribution in [1.29, 1.82) is 0 Å². The van der Waals surface area contributed by atoms with Crippen LogP contribution in [0.2, 0.25) is 0 Å². The number of amides is 2. The fourth-order valence-corrected chi connectivity index (χ4v) is 4.52. The summed E-state index contributed by atoms with van der Waals surface area (Å²) in [6.07, 6.45) is -3.03. The van der Waals surface area contributed by atoms with Crippen molar-refractivity contribution < 1.29 is 27.9 Å². The van der Waals surface area contributed by atoms with Crippen molar-refractivity contribution in [3.05, 3.63) is 65.2 Å². The van der Waals surface area contributed by atoms with Crippen LogP contribution in [0.25, 0.3) is 0 Å². The zero-order valence-corrected chi connectivity index (χ0v) is 19.5. The Morgan fingerprint density at radius 1 is 1.17 bits per heavy atom. The smallest absolute Gasteiger partial charge is 0.393 e. The van der Waals surface area contributed by atoms with Crippen LogP contribution in [0.15, 0.2) is 53.5 Å². The average molecular weight is 488 g/mol. The number of para-hydroxylation sites is 1. The summed E-state index contributed by atoms with van der Waals surface area (Å²) in [6.45, 7) is 1.55. The lowest BCUT2D eigenvalue weighted by atomic mass is 9.77. The second kappa shape index (κ2) is 9.81. The highest BCUT2D eigenvalue weighted by molar-refractivity contribution is 6.20. The summed E-state index contributed by atoms with van der Waals surface area (Å²) >= 11 is 0. The van der Waals surface area contributed by atoms with Crippen LogP contribution in [0, 0.1) is 11.8 Å². The van der Waals surface area contributed by atoms with E-state index in [2.05, 4.69) is 10.3 Å². The number of aliphatic hydroxyl groups is 1. The van der Waals surface area contributed by atoms with E-state index in [0.29, 0.717) is 34.9 Å². The molecule has 2 amide bonds. The largest absolute Gasteiger partial charge is 0.416 e. The third-order valence-corrected chi connectivity index (χ3v) is 6.84. The number of hydrogen-bond acceptors (Lipinski definition) is 4. The van der Waals surface area contributed by atoms with E-state index in [9.17, 15) is 27.9 Å². The van der Waals surface area contributed by atoms with Crippen molar-refractivity contribution in [2.45, 2.75) is 51.1 Å². The minimum Gasteiger partial charge on any atom is -0.393 e. The Balaban J connectivity index is 1.70. The van der Waals surface area contributed by atoms with Gasteiger partial charge in [-0.3, -0.25) is 9.59 Å². The van der Waals surface area contributed by atoms with E-state index in [4.69, 9.17) is 0 Å². The Bertz CT molecular complexity index is 1120. The van der Waals surface area contributed by atoms with E-state index in [1.165, 1.54) is 17.0 Å². The quantitative estimate of drug-likeness (QED) is 0.642. The van der Waals surface area contributed by atoms with Gasteiger partial charge in [-0.2, -0.15) is 13.2 Å². The third kappa shape index (κ3) is 5.24. The minimum atomic E-state index is -4.48. The summed E-state index contributed by atoms with van der Waals surface area (Å²) in [5.74, 6) is -1.28. The van der Waals surface area contributed by atoms with Gasteiger partial charge in [0.25, 0.3) is 5.91 Å². The highest BCUT2D eigenvalue weighted by atomic mass is 19.4. The Morgan fingerprint density at radius 2 is 1.83 bits per heavy atom. The molecule has 9 heteroatoms. The Hall–Kier alpha value is -3.20. The average Bonchev–Trinajstić information content (AvgIpc) is 2.88. The van der Waals surface area contributed by atoms with Crippen LogP contribution in [0.3, 0.4) is 0 Å². The van der Waals surface area contributed by atoms with E-state index in [0.717, 1.165) is 31.4 Å². The van der Waals surface area contributed by atoms with Gasteiger partial charge in [0.15, 0.2) is 0 Å². The highest BCUT2D eigenvalue weighted by Crippen LogP contribution is 2.34. The maximum Gasteiger partial charge on any atom is 0.416 e. The van der Waals surface area contributed by atoms with Crippen molar-refractivity contribution >= 4 is 23.2 Å². The van der Waals surface area contributed by atoms with E-state index < -0.39 is 41.7 Å². The lowest BCUT2D eigenvalue weighted by Gasteiger charge is -2.31. The number of halogens is 3. The van der Waals surface area contributed by atoms with Crippen LogP contribution in [-0.2, 0) is 15.8 Å². The molecule has 1 heterocycles. The molecule has 0 aromatic heterocycles. The number of likely N-dealkylation sites (N-methyl/N-ethyl adjacent to an activating group) is 1. The minimum absolute atomic E-state index is 0.296. The van der Waals surface area contributed by atoms with Gasteiger partial charge in [-0.1, -0.05) is 49.6 Å². The Kier molecular flexibility index (Phi) is 6.98. The normalized spacial score (nSPS) is 20.3. The SMILES string of the molecule is C[C@H](O)[C@H](CC1CCC1)C(=O)NC1N=C(c2ccc(C(F)(F)F)cc2)c2ccccc2N(C)C1=O. The van der Waals surface area contributed by atoms with Gasteiger partial charge in [0.1, 0.15) is 0 Å². The van der Waals surface area contributed by atoms with Crippen molar-refractivity contribution in [3.63, 3.8) is 0 Å². The number of aliphatic imine (C=N–C) groups is 1. The van der Waals surface area contributed by atoms with Gasteiger partial charge in [0.2, 0.25) is 12.1 Å². The number of carbonyl (C=O) groups excluding carboxylic acids is 2. The molecule has 2 aromatic carbocycles. The van der Waals surface area contributed by atoms with Gasteiger partial charge in [0, 0.05) is 18.2 Å². The van der Waals surface area contributed by atoms with E-state index in [1.54, 1.807) is 38.2 Å². The predicted molar refractivity (Wildman–Crippen MR) is 126 cm³/mol. The zero-order chi connectivity index (χ0) is 25.3. The number of rotatable bonds is 6. The topological polar surface area (TPSA) is 82.0 Å². The molecule has 1 unspecified atom stereocenters. The van der Waals surface area contributed by atoms with Crippen LogP contribution in [0.4, 0.5) is 18.9 Å². The summed E-state index contributed by atoms with van der Waals surface area (Å²) in [6, 6.07) is 11.5. The second-order valence-electron chi connectivity index (χ2n) is 9.26. The fourth-order valence-electron chi connectivity index (χ4n) is 4.52. The van der Waals surface area contributed by atoms with Crippen LogP contribution >= 0.6 is 0 Å². The van der Waals surface area contributed by atoms with Gasteiger partial charge in [-0.05, 0) is 37.5 Å². The van der Waals surface area contributed by atoms with Crippen LogP contribution in [0.1, 0.15) is 49.3 Å². The number of carbonyl (C=O) groups is 2. The molecule has 1 saturated carbocycles. The molecular formula is C26H28F3N3O3. The van der Waals surface area contributed by atoms with Gasteiger partial charge < -0.3 is 15.3 Å². The Morgan fingerprint density at radius 3 is 2.40 bits per heavy atom. The second-order valence-corrected chi connectivity index (χ2v) is 9.26. The van der Waals surface area contributed by atoms with E-state index in [-0.39, 0.29) is 0 Å². The molecule has 1 aliphatic carbocycles. The predicted octanol–water partition coefficient (Wildman–Crippen LogP) is 4.15. The van der Waals surface area contributed by atoms with Crippen LogP contribution < -0.4 is 10.2 Å². The van der Waals surface area contributed by atoms with Gasteiger partial charge >= 0.3 is 6.18 Å². The van der Waals surface area contributed by atoms with Crippen molar-refractivity contribution in [2.75, 3.05) is 11.9 Å². The maximum atomic E-state index is 13.3. The van der Waals surface area contributed by atoms with Gasteiger partial charge in [-0.25, -0.2) is 4.99 Å². The first-order valence-corrected chi connectivity index (χ1v) is 11.7.